The average molecular weight is 444 g/mol. The highest BCUT2D eigenvalue weighted by Gasteiger charge is 2.18. The fourth-order valence-corrected chi connectivity index (χ4v) is 3.80. The van der Waals surface area contributed by atoms with Crippen molar-refractivity contribution in [2.45, 2.75) is 58.1 Å². The van der Waals surface area contributed by atoms with Gasteiger partial charge in [-0.2, -0.15) is 0 Å². The van der Waals surface area contributed by atoms with Gasteiger partial charge in [0.15, 0.2) is 0 Å². The fraction of sp³-hybridized carbons (Fsp3) is 0.417. The summed E-state index contributed by atoms with van der Waals surface area (Å²) in [5.41, 5.74) is 1.76. The van der Waals surface area contributed by atoms with Crippen LogP contribution < -0.4 is 20.7 Å². The predicted octanol–water partition coefficient (Wildman–Crippen LogP) is 5.24. The van der Waals surface area contributed by atoms with Crippen molar-refractivity contribution in [1.82, 2.24) is 5.32 Å². The first-order chi connectivity index (χ1) is 14.9. The van der Waals surface area contributed by atoms with Gasteiger partial charge in [0.2, 0.25) is 5.91 Å². The van der Waals surface area contributed by atoms with Gasteiger partial charge < -0.3 is 20.7 Å². The quantitative estimate of drug-likeness (QED) is 0.521. The Labute approximate surface area is 188 Å². The van der Waals surface area contributed by atoms with Gasteiger partial charge in [-0.05, 0) is 69.2 Å². The molecule has 0 unspecified atom stereocenters. The number of carbonyl (C=O) groups excluding carboxylic acids is 2. The molecule has 1 aliphatic carbocycles. The summed E-state index contributed by atoms with van der Waals surface area (Å²) in [4.78, 5) is 24.9. The molecule has 3 rings (SSSR count). The van der Waals surface area contributed by atoms with Crippen LogP contribution in [0.15, 0.2) is 42.5 Å². The van der Waals surface area contributed by atoms with Gasteiger partial charge in [-0.3, -0.25) is 9.59 Å². The number of amides is 2. The van der Waals surface area contributed by atoms with Gasteiger partial charge >= 0.3 is 0 Å². The van der Waals surface area contributed by atoms with Crippen molar-refractivity contribution in [3.05, 3.63) is 53.1 Å². The van der Waals surface area contributed by atoms with Crippen LogP contribution in [0.3, 0.4) is 0 Å². The summed E-state index contributed by atoms with van der Waals surface area (Å²) >= 11 is 6.24. The highest BCUT2D eigenvalue weighted by atomic mass is 35.5. The number of carbonyl (C=O) groups is 2. The second-order valence-corrected chi connectivity index (χ2v) is 8.50. The molecule has 0 spiro atoms. The molecule has 3 N–H and O–H groups in total. The van der Waals surface area contributed by atoms with Crippen LogP contribution in [0.1, 0.15) is 56.3 Å². The molecule has 166 valence electrons. The van der Waals surface area contributed by atoms with E-state index in [2.05, 4.69) is 16.0 Å². The second kappa shape index (κ2) is 11.0. The SMILES string of the molecule is CC(C)Oc1ccc(NC(=O)CNc2ccc(Cl)c(C(=O)NC3CCCCC3)c2)cc1. The lowest BCUT2D eigenvalue weighted by atomic mass is 9.95. The van der Waals surface area contributed by atoms with Crippen LogP contribution in [0.4, 0.5) is 11.4 Å². The van der Waals surface area contributed by atoms with Crippen LogP contribution in [0.25, 0.3) is 0 Å². The lowest BCUT2D eigenvalue weighted by Gasteiger charge is -2.23. The summed E-state index contributed by atoms with van der Waals surface area (Å²) in [5, 5.41) is 9.36. The van der Waals surface area contributed by atoms with Gasteiger partial charge in [-0.15, -0.1) is 0 Å². The molecular formula is C24H30ClN3O3. The number of nitrogens with one attached hydrogen (secondary N) is 3. The largest absolute Gasteiger partial charge is 0.491 e. The van der Waals surface area contributed by atoms with E-state index in [0.717, 1.165) is 31.4 Å². The van der Waals surface area contributed by atoms with Crippen molar-refractivity contribution >= 4 is 34.8 Å². The molecular weight excluding hydrogens is 414 g/mol. The zero-order valence-corrected chi connectivity index (χ0v) is 18.8. The molecule has 0 aliphatic heterocycles. The molecule has 1 saturated carbocycles. The number of rotatable bonds is 8. The van der Waals surface area contributed by atoms with E-state index < -0.39 is 0 Å². The van der Waals surface area contributed by atoms with Gasteiger partial charge in [-0.25, -0.2) is 0 Å². The average Bonchev–Trinajstić information content (AvgIpc) is 2.75. The van der Waals surface area contributed by atoms with Crippen molar-refractivity contribution in [3.63, 3.8) is 0 Å². The van der Waals surface area contributed by atoms with Gasteiger partial charge in [-0.1, -0.05) is 30.9 Å². The Kier molecular flexibility index (Phi) is 8.18. The number of ether oxygens (including phenoxy) is 1. The van der Waals surface area contributed by atoms with Gasteiger partial charge in [0.25, 0.3) is 5.91 Å². The Morgan fingerprint density at radius 3 is 2.39 bits per heavy atom. The molecule has 0 heterocycles. The Hall–Kier alpha value is -2.73. The van der Waals surface area contributed by atoms with E-state index in [4.69, 9.17) is 16.3 Å². The summed E-state index contributed by atoms with van der Waals surface area (Å²) in [5.74, 6) is 0.390. The smallest absolute Gasteiger partial charge is 0.253 e. The first kappa shape index (κ1) is 22.9. The highest BCUT2D eigenvalue weighted by molar-refractivity contribution is 6.34. The number of anilines is 2. The summed E-state index contributed by atoms with van der Waals surface area (Å²) in [6, 6.07) is 12.6. The predicted molar refractivity (Wildman–Crippen MR) is 125 cm³/mol. The normalized spacial score (nSPS) is 14.2. The minimum absolute atomic E-state index is 0.0650. The maximum absolute atomic E-state index is 12.6. The van der Waals surface area contributed by atoms with Crippen LogP contribution in [0.2, 0.25) is 5.02 Å². The molecule has 0 radical (unpaired) electrons. The van der Waals surface area contributed by atoms with E-state index in [9.17, 15) is 9.59 Å². The molecule has 2 amide bonds. The molecule has 0 bridgehead atoms. The van der Waals surface area contributed by atoms with Crippen LogP contribution in [0, 0.1) is 0 Å². The Morgan fingerprint density at radius 2 is 1.71 bits per heavy atom. The van der Waals surface area contributed by atoms with Crippen molar-refractivity contribution < 1.29 is 14.3 Å². The third-order valence-electron chi connectivity index (χ3n) is 5.11. The maximum atomic E-state index is 12.6. The summed E-state index contributed by atoms with van der Waals surface area (Å²) < 4.78 is 5.60. The second-order valence-electron chi connectivity index (χ2n) is 8.10. The molecule has 2 aromatic carbocycles. The zero-order valence-electron chi connectivity index (χ0n) is 18.0. The standard InChI is InChI=1S/C24H30ClN3O3/c1-16(2)31-20-11-8-18(9-12-20)27-23(29)15-26-19-10-13-22(25)21(14-19)24(30)28-17-6-4-3-5-7-17/h8-14,16-17,26H,3-7,15H2,1-2H3,(H,27,29)(H,28,30). The van der Waals surface area contributed by atoms with E-state index >= 15 is 0 Å². The summed E-state index contributed by atoms with van der Waals surface area (Å²) in [7, 11) is 0. The Balaban J connectivity index is 1.53. The van der Waals surface area contributed by atoms with Crippen LogP contribution in [-0.2, 0) is 4.79 Å². The fourth-order valence-electron chi connectivity index (χ4n) is 3.60. The minimum atomic E-state index is -0.194. The molecule has 31 heavy (non-hydrogen) atoms. The van der Waals surface area contributed by atoms with Crippen molar-refractivity contribution in [1.29, 1.82) is 0 Å². The summed E-state index contributed by atoms with van der Waals surface area (Å²) in [6.07, 6.45) is 5.62. The Morgan fingerprint density at radius 1 is 1.03 bits per heavy atom. The van der Waals surface area contributed by atoms with E-state index in [1.54, 1.807) is 30.3 Å². The molecule has 6 nitrogen and oxygen atoms in total. The third-order valence-corrected chi connectivity index (χ3v) is 5.44. The van der Waals surface area contributed by atoms with E-state index in [1.807, 2.05) is 26.0 Å². The topological polar surface area (TPSA) is 79.5 Å². The monoisotopic (exact) mass is 443 g/mol. The van der Waals surface area contributed by atoms with Gasteiger partial charge in [0.05, 0.1) is 23.2 Å². The van der Waals surface area contributed by atoms with E-state index in [1.165, 1.54) is 6.42 Å². The first-order valence-corrected chi connectivity index (χ1v) is 11.2. The van der Waals surface area contributed by atoms with Crippen LogP contribution in [-0.4, -0.2) is 30.5 Å². The van der Waals surface area contributed by atoms with Crippen LogP contribution in [0.5, 0.6) is 5.75 Å². The zero-order chi connectivity index (χ0) is 22.2. The summed E-state index contributed by atoms with van der Waals surface area (Å²) in [6.45, 7) is 3.99. The minimum Gasteiger partial charge on any atom is -0.491 e. The number of hydrogen-bond acceptors (Lipinski definition) is 4. The molecule has 0 atom stereocenters. The molecule has 0 saturated heterocycles. The van der Waals surface area contributed by atoms with E-state index in [0.29, 0.717) is 22.0 Å². The Bertz CT molecular complexity index is 893. The van der Waals surface area contributed by atoms with Crippen molar-refractivity contribution in [2.24, 2.45) is 0 Å². The first-order valence-electron chi connectivity index (χ1n) is 10.8. The maximum Gasteiger partial charge on any atom is 0.253 e. The molecule has 7 heteroatoms. The van der Waals surface area contributed by atoms with Crippen LogP contribution >= 0.6 is 11.6 Å². The molecule has 2 aromatic rings. The number of benzene rings is 2. The van der Waals surface area contributed by atoms with Crippen molar-refractivity contribution in [3.8, 4) is 5.75 Å². The van der Waals surface area contributed by atoms with Crippen molar-refractivity contribution in [2.75, 3.05) is 17.2 Å². The number of halogens is 1. The highest BCUT2D eigenvalue weighted by Crippen LogP contribution is 2.23. The lowest BCUT2D eigenvalue weighted by Crippen LogP contribution is -2.36. The number of hydrogen-bond donors (Lipinski definition) is 3. The third kappa shape index (κ3) is 7.17. The lowest BCUT2D eigenvalue weighted by molar-refractivity contribution is -0.114. The molecule has 0 aromatic heterocycles. The van der Waals surface area contributed by atoms with Gasteiger partial charge in [0, 0.05) is 17.4 Å². The molecule has 1 aliphatic rings. The van der Waals surface area contributed by atoms with E-state index in [-0.39, 0.29) is 30.5 Å². The van der Waals surface area contributed by atoms with Gasteiger partial charge in [0.1, 0.15) is 5.75 Å². The molecule has 1 fully saturated rings.